The minimum absolute atomic E-state index is 0.212. The Kier molecular flexibility index (Phi) is 4.71. The molecule has 12 heavy (non-hydrogen) atoms. The minimum Gasteiger partial charge on any atom is -0.280 e. The molecule has 0 spiro atoms. The zero-order chi connectivity index (χ0) is 9.78. The predicted octanol–water partition coefficient (Wildman–Crippen LogP) is 2.82. The van der Waals surface area contributed by atoms with Crippen LogP contribution in [-0.4, -0.2) is 17.5 Å². The molecule has 0 aromatic heterocycles. The highest BCUT2D eigenvalue weighted by molar-refractivity contribution is 6.65. The molecule has 0 aliphatic rings. The van der Waals surface area contributed by atoms with Crippen molar-refractivity contribution in [2.24, 2.45) is 5.41 Å². The summed E-state index contributed by atoms with van der Waals surface area (Å²) in [5.74, 6) is -0.501. The van der Waals surface area contributed by atoms with Gasteiger partial charge in [-0.3, -0.25) is 4.79 Å². The molecule has 0 aliphatic heterocycles. The van der Waals surface area contributed by atoms with Gasteiger partial charge < -0.3 is 0 Å². The number of allylic oxidation sites excluding steroid dienone is 1. The lowest BCUT2D eigenvalue weighted by atomic mass is 9.89. The Morgan fingerprint density at radius 2 is 2.17 bits per heavy atom. The summed E-state index contributed by atoms with van der Waals surface area (Å²) >= 11 is 10.3. The van der Waals surface area contributed by atoms with Crippen LogP contribution >= 0.6 is 23.2 Å². The summed E-state index contributed by atoms with van der Waals surface area (Å²) < 4.78 is 24.7. The van der Waals surface area contributed by atoms with Crippen LogP contribution in [0, 0.1) is 5.41 Å². The summed E-state index contributed by atoms with van der Waals surface area (Å²) in [5.41, 5.74) is -1.97. The molecule has 0 fully saturated rings. The van der Waals surface area contributed by atoms with E-state index in [2.05, 4.69) is 6.58 Å². The summed E-state index contributed by atoms with van der Waals surface area (Å²) in [6.07, 6.45) is -1.87. The van der Waals surface area contributed by atoms with Gasteiger partial charge in [0, 0.05) is 5.88 Å². The molecule has 0 bridgehead atoms. The topological polar surface area (TPSA) is 17.1 Å². The Morgan fingerprint density at radius 1 is 1.67 bits per heavy atom. The van der Waals surface area contributed by atoms with Crippen LogP contribution < -0.4 is 0 Å². The molecule has 0 N–H and O–H groups in total. The van der Waals surface area contributed by atoms with Gasteiger partial charge in [0.05, 0.1) is 0 Å². The van der Waals surface area contributed by atoms with Crippen molar-refractivity contribution in [2.75, 3.05) is 5.88 Å². The summed E-state index contributed by atoms with van der Waals surface area (Å²) in [6.45, 7) is 3.26. The van der Waals surface area contributed by atoms with Crippen molar-refractivity contribution in [3.05, 3.63) is 12.7 Å². The van der Waals surface area contributed by atoms with Crippen LogP contribution in [0.2, 0.25) is 0 Å². The molecule has 0 aromatic carbocycles. The number of hydrogen-bond donors (Lipinski definition) is 0. The van der Waals surface area contributed by atoms with Gasteiger partial charge in [0.25, 0.3) is 6.43 Å². The molecule has 5 heteroatoms. The van der Waals surface area contributed by atoms with Gasteiger partial charge in [-0.25, -0.2) is 8.78 Å². The van der Waals surface area contributed by atoms with Crippen LogP contribution in [0.4, 0.5) is 8.78 Å². The Morgan fingerprint density at radius 3 is 2.25 bits per heavy atom. The van der Waals surface area contributed by atoms with E-state index in [0.29, 0.717) is 0 Å². The van der Waals surface area contributed by atoms with Crippen molar-refractivity contribution >= 4 is 28.4 Å². The molecular weight excluding hydrogens is 209 g/mol. The Hall–Kier alpha value is -0.150. The molecule has 70 valence electrons. The second-order valence-corrected chi connectivity index (χ2v) is 2.97. The van der Waals surface area contributed by atoms with Crippen molar-refractivity contribution in [1.82, 2.24) is 0 Å². The molecule has 0 amide bonds. The molecule has 0 rings (SSSR count). The molecule has 1 atom stereocenters. The average molecular weight is 217 g/mol. The van der Waals surface area contributed by atoms with Crippen LogP contribution in [0.5, 0.6) is 0 Å². The van der Waals surface area contributed by atoms with Crippen LogP contribution in [0.15, 0.2) is 12.7 Å². The first kappa shape index (κ1) is 11.8. The highest BCUT2D eigenvalue weighted by Crippen LogP contribution is 2.34. The smallest absolute Gasteiger partial charge is 0.253 e. The number of rotatable bonds is 5. The summed E-state index contributed by atoms with van der Waals surface area (Å²) in [7, 11) is 0. The number of halogens is 4. The van der Waals surface area contributed by atoms with E-state index in [1.807, 2.05) is 0 Å². The van der Waals surface area contributed by atoms with Gasteiger partial charge in [0.15, 0.2) is 0 Å². The fraction of sp³-hybridized carbons (Fsp3) is 0.571. The van der Waals surface area contributed by atoms with E-state index in [1.165, 1.54) is 6.08 Å². The van der Waals surface area contributed by atoms with Crippen molar-refractivity contribution in [3.63, 3.8) is 0 Å². The Balaban J connectivity index is 4.74. The van der Waals surface area contributed by atoms with Crippen molar-refractivity contribution in [1.29, 1.82) is 0 Å². The molecule has 0 heterocycles. The average Bonchev–Trinajstić information content (AvgIpc) is 1.98. The molecule has 0 saturated heterocycles. The predicted molar refractivity (Wildman–Crippen MR) is 44.8 cm³/mol. The van der Waals surface area contributed by atoms with E-state index in [0.717, 1.165) is 0 Å². The van der Waals surface area contributed by atoms with Gasteiger partial charge in [-0.1, -0.05) is 6.08 Å². The van der Waals surface area contributed by atoms with Gasteiger partial charge in [-0.2, -0.15) is 0 Å². The lowest BCUT2D eigenvalue weighted by Gasteiger charge is -2.24. The molecule has 0 aromatic rings. The molecule has 0 radical (unpaired) electrons. The lowest BCUT2D eigenvalue weighted by Crippen LogP contribution is -2.37. The maximum atomic E-state index is 12.4. The fourth-order valence-corrected chi connectivity index (χ4v) is 1.32. The lowest BCUT2D eigenvalue weighted by molar-refractivity contribution is -0.127. The Bertz CT molecular complexity index is 184. The van der Waals surface area contributed by atoms with Gasteiger partial charge in [0.1, 0.15) is 5.41 Å². The van der Waals surface area contributed by atoms with E-state index in [1.54, 1.807) is 0 Å². The number of alkyl halides is 3. The van der Waals surface area contributed by atoms with E-state index >= 15 is 0 Å². The fourth-order valence-electron chi connectivity index (χ4n) is 0.678. The third kappa shape index (κ3) is 2.17. The third-order valence-corrected chi connectivity index (χ3v) is 2.41. The number of carbonyl (C=O) groups excluding carboxylic acids is 1. The first-order chi connectivity index (χ1) is 5.51. The first-order valence-electron chi connectivity index (χ1n) is 3.16. The van der Waals surface area contributed by atoms with Gasteiger partial charge >= 0.3 is 0 Å². The van der Waals surface area contributed by atoms with Gasteiger partial charge in [-0.05, 0) is 18.0 Å². The monoisotopic (exact) mass is 216 g/mol. The van der Waals surface area contributed by atoms with E-state index in [4.69, 9.17) is 23.2 Å². The highest BCUT2D eigenvalue weighted by Gasteiger charge is 2.44. The van der Waals surface area contributed by atoms with Gasteiger partial charge in [0.2, 0.25) is 5.24 Å². The zero-order valence-corrected chi connectivity index (χ0v) is 7.71. The first-order valence-corrected chi connectivity index (χ1v) is 4.07. The maximum Gasteiger partial charge on any atom is 0.253 e. The molecule has 1 unspecified atom stereocenters. The van der Waals surface area contributed by atoms with E-state index < -0.39 is 23.0 Å². The van der Waals surface area contributed by atoms with Crippen LogP contribution in [-0.2, 0) is 4.79 Å². The highest BCUT2D eigenvalue weighted by atomic mass is 35.5. The standard InChI is InChI=1S/C7H8Cl2F2O/c1-2-3-7(4-8,5(9)12)6(10)11/h2,6H,1,3-4H2. The minimum atomic E-state index is -2.86. The molecule has 1 nitrogen and oxygen atoms in total. The normalized spacial score (nSPS) is 15.8. The third-order valence-electron chi connectivity index (χ3n) is 1.56. The second-order valence-electron chi connectivity index (χ2n) is 2.36. The second kappa shape index (κ2) is 4.77. The summed E-state index contributed by atoms with van der Waals surface area (Å²) in [6, 6.07) is 0. The summed E-state index contributed by atoms with van der Waals surface area (Å²) in [4.78, 5) is 10.7. The number of carbonyl (C=O) groups is 1. The Labute approximate surface area is 79.3 Å². The van der Waals surface area contributed by atoms with Crippen LogP contribution in [0.3, 0.4) is 0 Å². The molecule has 0 aliphatic carbocycles. The zero-order valence-electron chi connectivity index (χ0n) is 6.20. The SMILES string of the molecule is C=CCC(CCl)(C(=O)Cl)C(F)F. The molecule has 0 saturated carbocycles. The number of hydrogen-bond acceptors (Lipinski definition) is 1. The largest absolute Gasteiger partial charge is 0.280 e. The van der Waals surface area contributed by atoms with Gasteiger partial charge in [-0.15, -0.1) is 18.2 Å². The van der Waals surface area contributed by atoms with Crippen LogP contribution in [0.1, 0.15) is 6.42 Å². The quantitative estimate of drug-likeness (QED) is 0.393. The summed E-state index contributed by atoms with van der Waals surface area (Å²) in [5, 5.41) is -1.12. The van der Waals surface area contributed by atoms with Crippen LogP contribution in [0.25, 0.3) is 0 Å². The van der Waals surface area contributed by atoms with Crippen molar-refractivity contribution < 1.29 is 13.6 Å². The van der Waals surface area contributed by atoms with E-state index in [-0.39, 0.29) is 6.42 Å². The van der Waals surface area contributed by atoms with Crippen molar-refractivity contribution in [3.8, 4) is 0 Å². The van der Waals surface area contributed by atoms with Crippen molar-refractivity contribution in [2.45, 2.75) is 12.8 Å². The van der Waals surface area contributed by atoms with E-state index in [9.17, 15) is 13.6 Å². The maximum absolute atomic E-state index is 12.4. The molecular formula is C7H8Cl2F2O.